The maximum atomic E-state index is 2.62. The van der Waals surface area contributed by atoms with Crippen LogP contribution in [0.4, 0.5) is 17.1 Å². The van der Waals surface area contributed by atoms with Crippen molar-refractivity contribution in [3.05, 3.63) is 221 Å². The summed E-state index contributed by atoms with van der Waals surface area (Å²) in [5, 5.41) is 7.77. The van der Waals surface area contributed by atoms with Gasteiger partial charge < -0.3 is 4.90 Å². The highest BCUT2D eigenvalue weighted by atomic mass is 15.1. The maximum Gasteiger partial charge on any atom is 0.0549 e. The van der Waals surface area contributed by atoms with Crippen molar-refractivity contribution in [3.63, 3.8) is 0 Å². The first kappa shape index (κ1) is 37.3. The summed E-state index contributed by atoms with van der Waals surface area (Å²) >= 11 is 0. The van der Waals surface area contributed by atoms with Gasteiger partial charge in [-0.2, -0.15) is 0 Å². The van der Waals surface area contributed by atoms with Crippen molar-refractivity contribution in [1.29, 1.82) is 0 Å². The molecule has 0 spiro atoms. The van der Waals surface area contributed by atoms with E-state index in [0.717, 1.165) is 5.69 Å². The van der Waals surface area contributed by atoms with Gasteiger partial charge in [0.2, 0.25) is 0 Å². The van der Waals surface area contributed by atoms with Crippen LogP contribution >= 0.6 is 0 Å². The van der Waals surface area contributed by atoms with E-state index in [0.29, 0.717) is 0 Å². The van der Waals surface area contributed by atoms with E-state index in [9.17, 15) is 0 Å². The van der Waals surface area contributed by atoms with Crippen LogP contribution in [0, 0.1) is 0 Å². The molecule has 0 saturated heterocycles. The molecule has 0 radical (unpaired) electrons. The van der Waals surface area contributed by atoms with Crippen molar-refractivity contribution in [2.45, 2.75) is 57.8 Å². The molecule has 0 N–H and O–H groups in total. The monoisotopic (exact) mass is 819 g/mol. The van der Waals surface area contributed by atoms with Crippen LogP contribution in [0.5, 0.6) is 0 Å². The Balaban J connectivity index is 1.13. The normalized spacial score (nSPS) is 15.4. The molecule has 306 valence electrons. The minimum Gasteiger partial charge on any atom is -0.309 e. The van der Waals surface area contributed by atoms with Gasteiger partial charge in [-0.05, 0) is 129 Å². The van der Waals surface area contributed by atoms with Gasteiger partial charge in [0.1, 0.15) is 0 Å². The first-order chi connectivity index (χ1) is 31.0. The van der Waals surface area contributed by atoms with Crippen LogP contribution in [0.2, 0.25) is 0 Å². The Morgan fingerprint density at radius 2 is 0.656 bits per heavy atom. The summed E-state index contributed by atoms with van der Waals surface area (Å²) in [6.07, 6.45) is 0. The fourth-order valence-electron chi connectivity index (χ4n) is 12.7. The lowest BCUT2D eigenvalue weighted by molar-refractivity contribution is 0.666. The van der Waals surface area contributed by atoms with Gasteiger partial charge in [-0.1, -0.05) is 199 Å². The highest BCUT2D eigenvalue weighted by molar-refractivity contribution is 6.11. The molecule has 0 bridgehead atoms. The summed E-state index contributed by atoms with van der Waals surface area (Å²) in [6.45, 7) is 14.5. The predicted octanol–water partition coefficient (Wildman–Crippen LogP) is 17.2. The molecular formula is C63H49N. The zero-order valence-corrected chi connectivity index (χ0v) is 37.3. The van der Waals surface area contributed by atoms with E-state index in [1.165, 1.54) is 122 Å². The van der Waals surface area contributed by atoms with Crippen molar-refractivity contribution >= 4 is 49.4 Å². The second-order valence-electron chi connectivity index (χ2n) is 20.0. The fourth-order valence-corrected chi connectivity index (χ4v) is 12.7. The summed E-state index contributed by atoms with van der Waals surface area (Å²) in [5.41, 5.74) is 21.9. The van der Waals surface area contributed by atoms with Gasteiger partial charge in [0, 0.05) is 33.1 Å². The van der Waals surface area contributed by atoms with Gasteiger partial charge in [-0.3, -0.25) is 0 Å². The van der Waals surface area contributed by atoms with Crippen molar-refractivity contribution in [2.75, 3.05) is 4.90 Å². The first-order valence-corrected chi connectivity index (χ1v) is 22.9. The quantitative estimate of drug-likeness (QED) is 0.171. The summed E-state index contributed by atoms with van der Waals surface area (Å²) in [6, 6.07) is 71.3. The average Bonchev–Trinajstić information content (AvgIpc) is 3.83. The minimum absolute atomic E-state index is 0.126. The third-order valence-electron chi connectivity index (χ3n) is 15.5. The average molecular weight is 820 g/mol. The van der Waals surface area contributed by atoms with E-state index in [-0.39, 0.29) is 16.2 Å². The number of anilines is 3. The molecule has 3 aliphatic carbocycles. The van der Waals surface area contributed by atoms with Crippen molar-refractivity contribution in [1.82, 2.24) is 0 Å². The number of hydrogen-bond acceptors (Lipinski definition) is 1. The van der Waals surface area contributed by atoms with Crippen LogP contribution in [0.15, 0.2) is 188 Å². The second-order valence-corrected chi connectivity index (χ2v) is 20.0. The Labute approximate surface area is 376 Å². The largest absolute Gasteiger partial charge is 0.309 e. The van der Waals surface area contributed by atoms with E-state index >= 15 is 0 Å². The number of fused-ring (bicyclic) bond motifs is 15. The Bertz CT molecular complexity index is 3490. The molecule has 0 fully saturated rings. The van der Waals surface area contributed by atoms with Gasteiger partial charge in [-0.25, -0.2) is 0 Å². The third kappa shape index (κ3) is 4.85. The van der Waals surface area contributed by atoms with Crippen molar-refractivity contribution in [3.8, 4) is 44.5 Å². The third-order valence-corrected chi connectivity index (χ3v) is 15.5. The lowest BCUT2D eigenvalue weighted by Gasteiger charge is -2.33. The molecule has 10 aromatic rings. The maximum absolute atomic E-state index is 2.62. The molecule has 0 aliphatic heterocycles. The molecule has 1 nitrogen and oxygen atoms in total. The number of nitrogens with zero attached hydrogens (tertiary/aromatic N) is 1. The van der Waals surface area contributed by atoms with Crippen LogP contribution < -0.4 is 4.90 Å². The molecule has 0 atom stereocenters. The SMILES string of the molecule is CC1(C)c2ccccc2-c2c(-c3ccc(N(c4cc5ccccc5c5c4-c4ccccc4C5(C)C)c4cc5ccccc5c5c4-c4ccccc4C5(C)C)cc3)cc3ccccc3c21. The molecule has 13 rings (SSSR count). The van der Waals surface area contributed by atoms with Gasteiger partial charge >= 0.3 is 0 Å². The Morgan fingerprint density at radius 3 is 1.09 bits per heavy atom. The van der Waals surface area contributed by atoms with E-state index in [1.807, 2.05) is 0 Å². The van der Waals surface area contributed by atoms with E-state index in [4.69, 9.17) is 0 Å². The van der Waals surface area contributed by atoms with Gasteiger partial charge in [0.15, 0.2) is 0 Å². The van der Waals surface area contributed by atoms with Gasteiger partial charge in [0.05, 0.1) is 11.4 Å². The summed E-state index contributed by atoms with van der Waals surface area (Å²) in [4.78, 5) is 2.62. The highest BCUT2D eigenvalue weighted by Crippen LogP contribution is 2.61. The molecule has 0 amide bonds. The van der Waals surface area contributed by atoms with Crippen LogP contribution in [0.3, 0.4) is 0 Å². The van der Waals surface area contributed by atoms with Gasteiger partial charge in [-0.15, -0.1) is 0 Å². The van der Waals surface area contributed by atoms with E-state index in [2.05, 4.69) is 234 Å². The highest BCUT2D eigenvalue weighted by Gasteiger charge is 2.43. The Hall–Kier alpha value is -7.22. The number of hydrogen-bond donors (Lipinski definition) is 0. The van der Waals surface area contributed by atoms with E-state index < -0.39 is 0 Å². The number of rotatable bonds is 4. The molecule has 0 aromatic heterocycles. The lowest BCUT2D eigenvalue weighted by atomic mass is 9.79. The van der Waals surface area contributed by atoms with Gasteiger partial charge in [0.25, 0.3) is 0 Å². The smallest absolute Gasteiger partial charge is 0.0549 e. The van der Waals surface area contributed by atoms with Crippen LogP contribution in [0.1, 0.15) is 74.9 Å². The molecule has 0 heterocycles. The predicted molar refractivity (Wildman–Crippen MR) is 272 cm³/mol. The molecule has 64 heavy (non-hydrogen) atoms. The standard InChI is InChI=1S/C63H49N/c1-61(2)50-28-16-13-25-46(50)55-49(35-39-19-7-10-22-43(39)58(55)61)38-31-33-42(34-32-38)64(53-36-40-20-8-11-23-44(40)59-56(53)47-26-14-17-29-51(47)62(59,3)4)54-37-41-21-9-12-24-45(41)60-57(54)48-27-15-18-30-52(48)63(60,5)6/h7-37H,1-6H3. The zero-order valence-electron chi connectivity index (χ0n) is 37.3. The second kappa shape index (κ2) is 12.9. The number of benzene rings is 10. The molecule has 0 unspecified atom stereocenters. The molecule has 1 heteroatoms. The zero-order chi connectivity index (χ0) is 43.3. The first-order valence-electron chi connectivity index (χ1n) is 22.9. The van der Waals surface area contributed by atoms with E-state index in [1.54, 1.807) is 0 Å². The molecule has 0 saturated carbocycles. The molecule has 3 aliphatic rings. The molecule has 10 aromatic carbocycles. The minimum atomic E-state index is -0.197. The van der Waals surface area contributed by atoms with Crippen molar-refractivity contribution in [2.24, 2.45) is 0 Å². The topological polar surface area (TPSA) is 3.24 Å². The summed E-state index contributed by atoms with van der Waals surface area (Å²) in [7, 11) is 0. The molecular weight excluding hydrogens is 771 g/mol. The van der Waals surface area contributed by atoms with Crippen molar-refractivity contribution < 1.29 is 0 Å². The fraction of sp³-hybridized carbons (Fsp3) is 0.143. The Kier molecular flexibility index (Phi) is 7.54. The van der Waals surface area contributed by atoms with Crippen LogP contribution in [-0.2, 0) is 16.2 Å². The van der Waals surface area contributed by atoms with Crippen LogP contribution in [-0.4, -0.2) is 0 Å². The Morgan fingerprint density at radius 1 is 0.312 bits per heavy atom. The summed E-state index contributed by atoms with van der Waals surface area (Å²) < 4.78 is 0. The van der Waals surface area contributed by atoms with Crippen LogP contribution in [0.25, 0.3) is 76.8 Å². The summed E-state index contributed by atoms with van der Waals surface area (Å²) in [5.74, 6) is 0. The lowest BCUT2D eigenvalue weighted by Crippen LogP contribution is -2.18.